The number of nitrogens with zero attached hydrogens (tertiary/aromatic N) is 7. The predicted octanol–water partition coefficient (Wildman–Crippen LogP) is 11.8. The van der Waals surface area contributed by atoms with Crippen LogP contribution in [-0.2, 0) is 0 Å². The third kappa shape index (κ3) is 4.91. The smallest absolute Gasteiger partial charge is 0.237 e. The molecule has 0 amide bonds. The molecule has 12 rings (SSSR count). The Morgan fingerprint density at radius 2 is 0.895 bits per heavy atom. The van der Waals surface area contributed by atoms with Gasteiger partial charge in [-0.2, -0.15) is 4.98 Å². The Morgan fingerprint density at radius 3 is 1.53 bits per heavy atom. The van der Waals surface area contributed by atoms with Gasteiger partial charge in [-0.1, -0.05) is 115 Å². The van der Waals surface area contributed by atoms with Gasteiger partial charge >= 0.3 is 0 Å². The molecule has 0 unspecified atom stereocenters. The second kappa shape index (κ2) is 12.3. The molecule has 57 heavy (non-hydrogen) atoms. The largest absolute Gasteiger partial charge is 0.438 e. The van der Waals surface area contributed by atoms with E-state index in [9.17, 15) is 0 Å². The molecule has 0 N–H and O–H groups in total. The summed E-state index contributed by atoms with van der Waals surface area (Å²) in [6.07, 6.45) is 1.88. The van der Waals surface area contributed by atoms with Crippen LogP contribution in [0, 0.1) is 0 Å². The number of fused-ring (bicyclic) bond motifs is 9. The van der Waals surface area contributed by atoms with Crippen LogP contribution in [0.3, 0.4) is 0 Å². The van der Waals surface area contributed by atoms with Crippen molar-refractivity contribution in [2.75, 3.05) is 0 Å². The van der Waals surface area contributed by atoms with E-state index in [-0.39, 0.29) is 0 Å². The molecule has 0 spiro atoms. The molecule has 0 fully saturated rings. The highest BCUT2D eigenvalue weighted by Crippen LogP contribution is 2.37. The minimum absolute atomic E-state index is 0.529. The molecule has 266 valence electrons. The molecule has 0 radical (unpaired) electrons. The topological polar surface area (TPSA) is 87.5 Å². The maximum Gasteiger partial charge on any atom is 0.237 e. The van der Waals surface area contributed by atoms with Crippen molar-refractivity contribution >= 4 is 65.7 Å². The van der Waals surface area contributed by atoms with E-state index in [2.05, 4.69) is 106 Å². The van der Waals surface area contributed by atoms with Crippen molar-refractivity contribution in [1.82, 2.24) is 34.1 Å². The van der Waals surface area contributed by atoms with Gasteiger partial charge in [0.2, 0.25) is 11.7 Å². The van der Waals surface area contributed by atoms with Gasteiger partial charge in [-0.3, -0.25) is 4.57 Å². The Bertz CT molecular complexity index is 3420. The number of hydrogen-bond donors (Lipinski definition) is 0. The summed E-state index contributed by atoms with van der Waals surface area (Å²) >= 11 is 0. The van der Waals surface area contributed by atoms with Crippen LogP contribution in [-0.4, -0.2) is 34.1 Å². The van der Waals surface area contributed by atoms with Gasteiger partial charge in [-0.15, -0.1) is 0 Å². The molecule has 0 atom stereocenters. The first-order valence-corrected chi connectivity index (χ1v) is 18.8. The van der Waals surface area contributed by atoms with E-state index in [4.69, 9.17) is 29.3 Å². The lowest BCUT2D eigenvalue weighted by Crippen LogP contribution is -2.01. The first-order chi connectivity index (χ1) is 28.2. The predicted molar refractivity (Wildman–Crippen MR) is 228 cm³/mol. The molecule has 5 heterocycles. The molecule has 0 saturated heterocycles. The second-order valence-electron chi connectivity index (χ2n) is 14.2. The van der Waals surface area contributed by atoms with Gasteiger partial charge in [0, 0.05) is 55.5 Å². The van der Waals surface area contributed by atoms with Crippen molar-refractivity contribution < 1.29 is 4.42 Å². The van der Waals surface area contributed by atoms with Crippen LogP contribution >= 0.6 is 0 Å². The third-order valence-electron chi connectivity index (χ3n) is 10.9. The van der Waals surface area contributed by atoms with Crippen LogP contribution in [0.4, 0.5) is 0 Å². The molecule has 0 saturated carbocycles. The molecule has 0 aliphatic carbocycles. The minimum atomic E-state index is 0.529. The average molecular weight is 732 g/mol. The molecule has 0 aliphatic heterocycles. The zero-order chi connectivity index (χ0) is 37.5. The monoisotopic (exact) mass is 731 g/mol. The van der Waals surface area contributed by atoms with Gasteiger partial charge in [0.25, 0.3) is 0 Å². The molecule has 8 heteroatoms. The van der Waals surface area contributed by atoms with Crippen LogP contribution in [0.2, 0.25) is 0 Å². The Labute approximate surface area is 325 Å². The molecular formula is C49H29N7O. The molecule has 12 aromatic rings. The standard InChI is InChI=1S/C49H29N7O/c1-3-13-30(14-4-1)45-51-46(31-15-5-2-6-16-31)53-47(52-45)32-23-25-43-37(27-32)36-19-9-12-22-42(36)56(43)49-50-29-39-38-28-33(24-26-44(38)57-48(39)54-49)55-40-20-10-7-17-34(40)35-18-8-11-21-41(35)55/h1-29H. The summed E-state index contributed by atoms with van der Waals surface area (Å²) in [4.78, 5) is 24.9. The first kappa shape index (κ1) is 31.4. The minimum Gasteiger partial charge on any atom is -0.438 e. The molecule has 8 nitrogen and oxygen atoms in total. The van der Waals surface area contributed by atoms with E-state index >= 15 is 0 Å². The van der Waals surface area contributed by atoms with Crippen LogP contribution in [0.15, 0.2) is 180 Å². The van der Waals surface area contributed by atoms with E-state index in [0.717, 1.165) is 71.6 Å². The van der Waals surface area contributed by atoms with Crippen molar-refractivity contribution in [2.24, 2.45) is 0 Å². The SMILES string of the molecule is c1ccc(-c2nc(-c3ccccc3)nc(-c3ccc4c(c3)c3ccccc3n4-c3ncc4c(n3)oc3ccc(-n5c6ccccc6c6ccccc65)cc34)n2)cc1. The van der Waals surface area contributed by atoms with Gasteiger partial charge < -0.3 is 8.98 Å². The Morgan fingerprint density at radius 1 is 0.368 bits per heavy atom. The van der Waals surface area contributed by atoms with E-state index in [0.29, 0.717) is 29.1 Å². The fourth-order valence-corrected chi connectivity index (χ4v) is 8.25. The van der Waals surface area contributed by atoms with Gasteiger partial charge in [-0.05, 0) is 54.6 Å². The molecule has 5 aromatic heterocycles. The van der Waals surface area contributed by atoms with E-state index in [1.54, 1.807) is 0 Å². The number of benzene rings is 7. The lowest BCUT2D eigenvalue weighted by Gasteiger charge is -2.09. The summed E-state index contributed by atoms with van der Waals surface area (Å²) in [5, 5.41) is 6.37. The molecule has 7 aromatic carbocycles. The highest BCUT2D eigenvalue weighted by molar-refractivity contribution is 6.12. The van der Waals surface area contributed by atoms with Gasteiger partial charge in [-0.25, -0.2) is 19.9 Å². The Kier molecular flexibility index (Phi) is 6.76. The van der Waals surface area contributed by atoms with Crippen molar-refractivity contribution in [3.63, 3.8) is 0 Å². The van der Waals surface area contributed by atoms with Crippen LogP contribution in [0.25, 0.3) is 111 Å². The lowest BCUT2D eigenvalue weighted by atomic mass is 10.1. The zero-order valence-corrected chi connectivity index (χ0v) is 30.3. The molecule has 0 aliphatic rings. The summed E-state index contributed by atoms with van der Waals surface area (Å²) in [7, 11) is 0. The highest BCUT2D eigenvalue weighted by atomic mass is 16.3. The van der Waals surface area contributed by atoms with E-state index in [1.165, 1.54) is 10.8 Å². The maximum atomic E-state index is 6.44. The normalized spacial score (nSPS) is 11.9. The van der Waals surface area contributed by atoms with E-state index in [1.807, 2.05) is 79.0 Å². The van der Waals surface area contributed by atoms with Crippen molar-refractivity contribution in [3.05, 3.63) is 176 Å². The first-order valence-electron chi connectivity index (χ1n) is 18.8. The quantitative estimate of drug-likeness (QED) is 0.175. The Balaban J connectivity index is 0.998. The number of para-hydroxylation sites is 3. The lowest BCUT2D eigenvalue weighted by molar-refractivity contribution is 0.651. The molecular weight excluding hydrogens is 703 g/mol. The van der Waals surface area contributed by atoms with Crippen molar-refractivity contribution in [1.29, 1.82) is 0 Å². The van der Waals surface area contributed by atoms with Crippen molar-refractivity contribution in [3.8, 4) is 45.8 Å². The summed E-state index contributed by atoms with van der Waals surface area (Å²) in [5.74, 6) is 2.37. The zero-order valence-electron chi connectivity index (χ0n) is 30.3. The fraction of sp³-hybridized carbons (Fsp3) is 0. The second-order valence-corrected chi connectivity index (χ2v) is 14.2. The summed E-state index contributed by atoms with van der Waals surface area (Å²) < 4.78 is 10.9. The maximum absolute atomic E-state index is 6.44. The number of aromatic nitrogens is 7. The van der Waals surface area contributed by atoms with Crippen LogP contribution < -0.4 is 0 Å². The van der Waals surface area contributed by atoms with Crippen LogP contribution in [0.1, 0.15) is 0 Å². The van der Waals surface area contributed by atoms with Gasteiger partial charge in [0.15, 0.2) is 17.5 Å². The van der Waals surface area contributed by atoms with Gasteiger partial charge in [0.05, 0.1) is 27.5 Å². The number of hydrogen-bond acceptors (Lipinski definition) is 6. The van der Waals surface area contributed by atoms with Gasteiger partial charge in [0.1, 0.15) is 5.58 Å². The summed E-state index contributed by atoms with van der Waals surface area (Å²) in [5.41, 5.74) is 9.34. The summed E-state index contributed by atoms with van der Waals surface area (Å²) in [6, 6.07) is 58.1. The molecule has 0 bridgehead atoms. The number of rotatable bonds is 5. The van der Waals surface area contributed by atoms with Crippen molar-refractivity contribution in [2.45, 2.75) is 0 Å². The third-order valence-corrected chi connectivity index (χ3v) is 10.9. The number of furan rings is 1. The van der Waals surface area contributed by atoms with E-state index < -0.39 is 0 Å². The fourth-order valence-electron chi connectivity index (χ4n) is 8.25. The Hall–Kier alpha value is -7.97. The summed E-state index contributed by atoms with van der Waals surface area (Å²) in [6.45, 7) is 0. The van der Waals surface area contributed by atoms with Crippen LogP contribution in [0.5, 0.6) is 0 Å². The average Bonchev–Trinajstić information content (AvgIpc) is 3.93. The highest BCUT2D eigenvalue weighted by Gasteiger charge is 2.20.